The van der Waals surface area contributed by atoms with Gasteiger partial charge in [-0.25, -0.2) is 4.98 Å². The zero-order chi connectivity index (χ0) is 16.5. The monoisotopic (exact) mass is 319 g/mol. The molecule has 0 radical (unpaired) electrons. The van der Waals surface area contributed by atoms with Gasteiger partial charge in [-0.2, -0.15) is 0 Å². The van der Waals surface area contributed by atoms with Crippen molar-refractivity contribution in [3.63, 3.8) is 0 Å². The summed E-state index contributed by atoms with van der Waals surface area (Å²) in [6.45, 7) is 3.62. The number of benzene rings is 1. The van der Waals surface area contributed by atoms with E-state index in [1.165, 1.54) is 5.56 Å². The number of carbonyl (C=O) groups excluding carboxylic acids is 1. The molecule has 3 heterocycles. The van der Waals surface area contributed by atoms with Crippen molar-refractivity contribution in [3.05, 3.63) is 71.7 Å². The standard InChI is InChI=1S/C20H21N3O/c1-15-6-5-9-19-21-18(14-23(15)19)20(24)22-12-10-17(11-13-22)16-7-3-2-4-8-16/h2-9,14,17H,10-13H2,1H3. The molecule has 1 fully saturated rings. The van der Waals surface area contributed by atoms with Crippen LogP contribution in [0, 0.1) is 6.92 Å². The van der Waals surface area contributed by atoms with E-state index in [1.54, 1.807) is 0 Å². The van der Waals surface area contributed by atoms with E-state index in [9.17, 15) is 4.79 Å². The van der Waals surface area contributed by atoms with Crippen LogP contribution < -0.4 is 0 Å². The van der Waals surface area contributed by atoms with Gasteiger partial charge in [-0.15, -0.1) is 0 Å². The smallest absolute Gasteiger partial charge is 0.274 e. The van der Waals surface area contributed by atoms with Gasteiger partial charge in [-0.3, -0.25) is 4.79 Å². The second-order valence-electron chi connectivity index (χ2n) is 6.50. The second kappa shape index (κ2) is 6.11. The number of nitrogens with zero attached hydrogens (tertiary/aromatic N) is 3. The lowest BCUT2D eigenvalue weighted by atomic mass is 9.89. The maximum Gasteiger partial charge on any atom is 0.274 e. The Labute approximate surface area is 141 Å². The van der Waals surface area contributed by atoms with E-state index in [1.807, 2.05) is 46.7 Å². The molecule has 2 aromatic heterocycles. The van der Waals surface area contributed by atoms with Gasteiger partial charge < -0.3 is 9.30 Å². The second-order valence-corrected chi connectivity index (χ2v) is 6.50. The molecule has 0 unspecified atom stereocenters. The van der Waals surface area contributed by atoms with E-state index in [2.05, 4.69) is 29.2 Å². The van der Waals surface area contributed by atoms with Crippen LogP contribution in [0.2, 0.25) is 0 Å². The normalized spacial score (nSPS) is 15.8. The number of piperidine rings is 1. The summed E-state index contributed by atoms with van der Waals surface area (Å²) in [4.78, 5) is 19.2. The molecular formula is C20H21N3O. The first-order valence-electron chi connectivity index (χ1n) is 8.51. The molecule has 1 aliphatic heterocycles. The molecule has 3 aromatic rings. The summed E-state index contributed by atoms with van der Waals surface area (Å²) in [5.41, 5.74) is 3.84. The van der Waals surface area contributed by atoms with Crippen LogP contribution in [-0.4, -0.2) is 33.3 Å². The number of fused-ring (bicyclic) bond motifs is 1. The summed E-state index contributed by atoms with van der Waals surface area (Å²) in [7, 11) is 0. The van der Waals surface area contributed by atoms with Crippen LogP contribution in [0.1, 0.15) is 40.5 Å². The van der Waals surface area contributed by atoms with Crippen LogP contribution in [0.15, 0.2) is 54.7 Å². The van der Waals surface area contributed by atoms with Crippen molar-refractivity contribution >= 4 is 11.6 Å². The maximum absolute atomic E-state index is 12.8. The fourth-order valence-corrected chi connectivity index (χ4v) is 3.55. The molecule has 1 aromatic carbocycles. The molecule has 0 spiro atoms. The highest BCUT2D eigenvalue weighted by molar-refractivity contribution is 5.93. The number of rotatable bonds is 2. The average molecular weight is 319 g/mol. The van der Waals surface area contributed by atoms with Crippen molar-refractivity contribution in [2.45, 2.75) is 25.7 Å². The molecule has 0 bridgehead atoms. The number of likely N-dealkylation sites (tertiary alicyclic amines) is 1. The Bertz CT molecular complexity index is 861. The van der Waals surface area contributed by atoms with Gasteiger partial charge >= 0.3 is 0 Å². The molecular weight excluding hydrogens is 298 g/mol. The summed E-state index contributed by atoms with van der Waals surface area (Å²) in [5.74, 6) is 0.600. The van der Waals surface area contributed by atoms with Crippen LogP contribution >= 0.6 is 0 Å². The molecule has 4 heteroatoms. The van der Waals surface area contributed by atoms with Gasteiger partial charge in [0.15, 0.2) is 0 Å². The van der Waals surface area contributed by atoms with Gasteiger partial charge in [0, 0.05) is 25.0 Å². The van der Waals surface area contributed by atoms with Crippen LogP contribution in [0.25, 0.3) is 5.65 Å². The fourth-order valence-electron chi connectivity index (χ4n) is 3.55. The third kappa shape index (κ3) is 2.68. The summed E-state index contributed by atoms with van der Waals surface area (Å²) >= 11 is 0. The highest BCUT2D eigenvalue weighted by Crippen LogP contribution is 2.28. The van der Waals surface area contributed by atoms with Crippen molar-refractivity contribution in [1.82, 2.24) is 14.3 Å². The van der Waals surface area contributed by atoms with Gasteiger partial charge in [-0.1, -0.05) is 36.4 Å². The van der Waals surface area contributed by atoms with E-state index in [-0.39, 0.29) is 5.91 Å². The number of carbonyl (C=O) groups is 1. The van der Waals surface area contributed by atoms with Crippen LogP contribution in [0.4, 0.5) is 0 Å². The van der Waals surface area contributed by atoms with Gasteiger partial charge in [0.2, 0.25) is 0 Å². The number of amides is 1. The number of hydrogen-bond acceptors (Lipinski definition) is 2. The minimum absolute atomic E-state index is 0.0459. The van der Waals surface area contributed by atoms with Crippen molar-refractivity contribution in [1.29, 1.82) is 0 Å². The van der Waals surface area contributed by atoms with Crippen molar-refractivity contribution in [2.24, 2.45) is 0 Å². The summed E-state index contributed by atoms with van der Waals surface area (Å²) in [6, 6.07) is 16.5. The van der Waals surface area contributed by atoms with Crippen molar-refractivity contribution in [3.8, 4) is 0 Å². The predicted octanol–water partition coefficient (Wildman–Crippen LogP) is 3.66. The number of hydrogen-bond donors (Lipinski definition) is 0. The Hall–Kier alpha value is -2.62. The SMILES string of the molecule is Cc1cccc2nc(C(=O)N3CCC(c4ccccc4)CC3)cn12. The minimum atomic E-state index is 0.0459. The molecule has 1 aliphatic rings. The lowest BCUT2D eigenvalue weighted by Gasteiger charge is -2.31. The summed E-state index contributed by atoms with van der Waals surface area (Å²) in [6.07, 6.45) is 3.89. The molecule has 1 saturated heterocycles. The lowest BCUT2D eigenvalue weighted by molar-refractivity contribution is 0.0707. The Morgan fingerprint density at radius 3 is 2.50 bits per heavy atom. The molecule has 0 aliphatic carbocycles. The molecule has 4 rings (SSSR count). The molecule has 0 atom stereocenters. The minimum Gasteiger partial charge on any atom is -0.337 e. The topological polar surface area (TPSA) is 37.6 Å². The number of pyridine rings is 1. The Morgan fingerprint density at radius 1 is 1.04 bits per heavy atom. The average Bonchev–Trinajstić information content (AvgIpc) is 3.08. The van der Waals surface area contributed by atoms with E-state index >= 15 is 0 Å². The first-order valence-corrected chi connectivity index (χ1v) is 8.51. The first-order chi connectivity index (χ1) is 11.7. The van der Waals surface area contributed by atoms with Crippen LogP contribution in [-0.2, 0) is 0 Å². The largest absolute Gasteiger partial charge is 0.337 e. The Balaban J connectivity index is 1.48. The highest BCUT2D eigenvalue weighted by Gasteiger charge is 2.25. The molecule has 1 amide bonds. The molecule has 122 valence electrons. The molecule has 0 N–H and O–H groups in total. The molecule has 0 saturated carbocycles. The number of imidazole rings is 1. The quantitative estimate of drug-likeness (QED) is 0.723. The van der Waals surface area contributed by atoms with Crippen LogP contribution in [0.5, 0.6) is 0 Å². The molecule has 24 heavy (non-hydrogen) atoms. The van der Waals surface area contributed by atoms with Crippen molar-refractivity contribution in [2.75, 3.05) is 13.1 Å². The van der Waals surface area contributed by atoms with Crippen molar-refractivity contribution < 1.29 is 4.79 Å². The fraction of sp³-hybridized carbons (Fsp3) is 0.300. The highest BCUT2D eigenvalue weighted by atomic mass is 16.2. The first kappa shape index (κ1) is 14.9. The van der Waals surface area contributed by atoms with E-state index in [4.69, 9.17) is 0 Å². The van der Waals surface area contributed by atoms with Gasteiger partial charge in [-0.05, 0) is 43.4 Å². The zero-order valence-corrected chi connectivity index (χ0v) is 13.9. The third-order valence-electron chi connectivity index (χ3n) is 4.97. The maximum atomic E-state index is 12.8. The van der Waals surface area contributed by atoms with E-state index in [0.29, 0.717) is 11.6 Å². The number of aromatic nitrogens is 2. The number of aryl methyl sites for hydroxylation is 1. The van der Waals surface area contributed by atoms with Gasteiger partial charge in [0.1, 0.15) is 11.3 Å². The van der Waals surface area contributed by atoms with E-state index < -0.39 is 0 Å². The zero-order valence-electron chi connectivity index (χ0n) is 13.9. The Kier molecular flexibility index (Phi) is 3.81. The van der Waals surface area contributed by atoms with Gasteiger partial charge in [0.05, 0.1) is 0 Å². The predicted molar refractivity (Wildman–Crippen MR) is 94.2 cm³/mol. The Morgan fingerprint density at radius 2 is 1.79 bits per heavy atom. The molecule has 4 nitrogen and oxygen atoms in total. The summed E-state index contributed by atoms with van der Waals surface area (Å²) < 4.78 is 1.98. The summed E-state index contributed by atoms with van der Waals surface area (Å²) in [5, 5.41) is 0. The van der Waals surface area contributed by atoms with Gasteiger partial charge in [0.25, 0.3) is 5.91 Å². The van der Waals surface area contributed by atoms with Crippen LogP contribution in [0.3, 0.4) is 0 Å². The van der Waals surface area contributed by atoms with E-state index in [0.717, 1.165) is 37.3 Å². The third-order valence-corrected chi connectivity index (χ3v) is 4.97. The lowest BCUT2D eigenvalue weighted by Crippen LogP contribution is -2.38.